The van der Waals surface area contributed by atoms with Crippen molar-refractivity contribution in [3.8, 4) is 11.5 Å². The van der Waals surface area contributed by atoms with Crippen molar-refractivity contribution in [1.82, 2.24) is 25.3 Å². The Hall–Kier alpha value is -4.61. The van der Waals surface area contributed by atoms with E-state index in [0.29, 0.717) is 22.4 Å². The average molecular weight is 406 g/mol. The molecule has 0 unspecified atom stereocenters. The molecule has 12 heteroatoms. The number of non-ortho nitro benzene ring substituents is 1. The summed E-state index contributed by atoms with van der Waals surface area (Å²) in [5.41, 5.74) is 10.1. The molecule has 3 N–H and O–H groups in total. The highest BCUT2D eigenvalue weighted by Crippen LogP contribution is 2.26. The third kappa shape index (κ3) is 3.69. The van der Waals surface area contributed by atoms with E-state index in [9.17, 15) is 14.9 Å². The summed E-state index contributed by atoms with van der Waals surface area (Å²) in [5.74, 6) is -0.0699. The molecule has 0 aliphatic heterocycles. The van der Waals surface area contributed by atoms with Gasteiger partial charge < -0.3 is 10.3 Å². The maximum atomic E-state index is 12.5. The minimum atomic E-state index is -0.508. The van der Waals surface area contributed by atoms with E-state index in [0.717, 1.165) is 0 Å². The molecule has 0 bridgehead atoms. The number of hydrogen-bond acceptors (Lipinski definition) is 9. The first kappa shape index (κ1) is 18.7. The van der Waals surface area contributed by atoms with Crippen molar-refractivity contribution in [2.75, 3.05) is 5.73 Å². The molecule has 0 saturated carbocycles. The number of hydrazone groups is 1. The van der Waals surface area contributed by atoms with E-state index in [1.807, 2.05) is 12.1 Å². The molecule has 30 heavy (non-hydrogen) atoms. The van der Waals surface area contributed by atoms with Crippen LogP contribution < -0.4 is 11.2 Å². The zero-order chi connectivity index (χ0) is 21.1. The minimum Gasteiger partial charge on any atom is -0.379 e. The molecule has 1 amide bonds. The summed E-state index contributed by atoms with van der Waals surface area (Å²) >= 11 is 0. The summed E-state index contributed by atoms with van der Waals surface area (Å²) < 4.78 is 6.26. The Labute approximate surface area is 168 Å². The Morgan fingerprint density at radius 3 is 2.87 bits per heavy atom. The second-order valence-electron chi connectivity index (χ2n) is 6.15. The van der Waals surface area contributed by atoms with Crippen LogP contribution in [0.1, 0.15) is 5.56 Å². The molecule has 12 nitrogen and oxygen atoms in total. The number of fused-ring (bicyclic) bond motifs is 1. The Balaban J connectivity index is 1.55. The van der Waals surface area contributed by atoms with E-state index >= 15 is 0 Å². The van der Waals surface area contributed by atoms with Crippen molar-refractivity contribution < 1.29 is 14.3 Å². The van der Waals surface area contributed by atoms with Gasteiger partial charge in [-0.1, -0.05) is 24.3 Å². The fraction of sp³-hybridized carbons (Fsp3) is 0.0556. The summed E-state index contributed by atoms with van der Waals surface area (Å²) in [5, 5.41) is 22.0. The van der Waals surface area contributed by atoms with E-state index in [2.05, 4.69) is 30.5 Å². The molecule has 0 radical (unpaired) electrons. The number of amides is 1. The second-order valence-corrected chi connectivity index (χ2v) is 6.15. The topological polar surface area (TPSA) is 167 Å². The van der Waals surface area contributed by atoms with Crippen molar-refractivity contribution in [3.05, 3.63) is 64.2 Å². The molecule has 0 spiro atoms. The molecular formula is C18H14N8O4. The van der Waals surface area contributed by atoms with Crippen LogP contribution in [0.25, 0.3) is 22.6 Å². The van der Waals surface area contributed by atoms with Gasteiger partial charge in [-0.2, -0.15) is 5.10 Å². The highest BCUT2D eigenvalue weighted by atomic mass is 16.6. The molecule has 4 rings (SSSR count). The first-order valence-electron chi connectivity index (χ1n) is 8.63. The third-order valence-corrected chi connectivity index (χ3v) is 4.17. The van der Waals surface area contributed by atoms with Gasteiger partial charge in [0.1, 0.15) is 6.54 Å². The number of anilines is 1. The monoisotopic (exact) mass is 406 g/mol. The van der Waals surface area contributed by atoms with Crippen LogP contribution in [0.5, 0.6) is 0 Å². The number of hydrogen-bond donors (Lipinski definition) is 2. The van der Waals surface area contributed by atoms with Crippen LogP contribution in [0.3, 0.4) is 0 Å². The van der Waals surface area contributed by atoms with Crippen molar-refractivity contribution in [3.63, 3.8) is 0 Å². The SMILES string of the molecule is Nc1nonc1-c1nc2ccccc2n1CC(=O)N/N=C\c1cccc([N+](=O)[O-])c1. The lowest BCUT2D eigenvalue weighted by molar-refractivity contribution is -0.384. The summed E-state index contributed by atoms with van der Waals surface area (Å²) in [4.78, 5) is 27.2. The van der Waals surface area contributed by atoms with Gasteiger partial charge in [0.15, 0.2) is 17.3 Å². The van der Waals surface area contributed by atoms with Crippen molar-refractivity contribution >= 4 is 34.7 Å². The number of aromatic nitrogens is 4. The fourth-order valence-corrected chi connectivity index (χ4v) is 2.84. The smallest absolute Gasteiger partial charge is 0.270 e. The number of imidazole rings is 1. The van der Waals surface area contributed by atoms with E-state index in [-0.39, 0.29) is 23.7 Å². The highest BCUT2D eigenvalue weighted by molar-refractivity contribution is 5.86. The van der Waals surface area contributed by atoms with E-state index < -0.39 is 10.8 Å². The predicted molar refractivity (Wildman–Crippen MR) is 106 cm³/mol. The molecule has 2 aromatic heterocycles. The number of carbonyl (C=O) groups is 1. The molecule has 0 fully saturated rings. The summed E-state index contributed by atoms with van der Waals surface area (Å²) in [6.07, 6.45) is 1.32. The van der Waals surface area contributed by atoms with Crippen molar-refractivity contribution in [2.45, 2.75) is 6.54 Å². The van der Waals surface area contributed by atoms with Gasteiger partial charge in [-0.15, -0.1) is 0 Å². The van der Waals surface area contributed by atoms with Crippen LogP contribution in [0.4, 0.5) is 11.5 Å². The van der Waals surface area contributed by atoms with Crippen LogP contribution in [-0.4, -0.2) is 36.9 Å². The minimum absolute atomic E-state index is 0.0515. The van der Waals surface area contributed by atoms with Gasteiger partial charge in [0.05, 0.1) is 22.2 Å². The van der Waals surface area contributed by atoms with Crippen LogP contribution >= 0.6 is 0 Å². The number of carbonyl (C=O) groups excluding carboxylic acids is 1. The normalized spacial score (nSPS) is 11.2. The summed E-state index contributed by atoms with van der Waals surface area (Å²) in [6, 6.07) is 13.1. The lowest BCUT2D eigenvalue weighted by Gasteiger charge is -2.06. The Kier molecular flexibility index (Phi) is 4.87. The number of nitro groups is 1. The van der Waals surface area contributed by atoms with Crippen LogP contribution in [-0.2, 0) is 11.3 Å². The van der Waals surface area contributed by atoms with Gasteiger partial charge in [0.2, 0.25) is 0 Å². The molecule has 0 atom stereocenters. The standard InChI is InChI=1S/C18H14N8O4/c19-17-16(23-30-24-17)18-21-13-6-1-2-7-14(13)25(18)10-15(27)22-20-9-11-4-3-5-12(8-11)26(28)29/h1-9H,10H2,(H2,19,24)(H,22,27)/b20-9-. The highest BCUT2D eigenvalue weighted by Gasteiger charge is 2.20. The number of nitrogens with zero attached hydrogens (tertiary/aromatic N) is 6. The number of nitrogens with two attached hydrogens (primary N) is 1. The van der Waals surface area contributed by atoms with Gasteiger partial charge >= 0.3 is 0 Å². The Morgan fingerprint density at radius 1 is 1.27 bits per heavy atom. The second kappa shape index (κ2) is 7.79. The predicted octanol–water partition coefficient (Wildman–Crippen LogP) is 1.73. The van der Waals surface area contributed by atoms with Crippen molar-refractivity contribution in [1.29, 1.82) is 0 Å². The third-order valence-electron chi connectivity index (χ3n) is 4.17. The number of nitro benzene ring substituents is 1. The number of para-hydroxylation sites is 2. The maximum absolute atomic E-state index is 12.5. The lowest BCUT2D eigenvalue weighted by Crippen LogP contribution is -2.23. The Bertz CT molecular complexity index is 1280. The number of nitrogen functional groups attached to an aromatic ring is 1. The molecule has 2 heterocycles. The summed E-state index contributed by atoms with van der Waals surface area (Å²) in [6.45, 7) is -0.131. The lowest BCUT2D eigenvalue weighted by atomic mass is 10.2. The summed E-state index contributed by atoms with van der Waals surface area (Å²) in [7, 11) is 0. The van der Waals surface area contributed by atoms with Crippen LogP contribution in [0.2, 0.25) is 0 Å². The fourth-order valence-electron chi connectivity index (χ4n) is 2.84. The van der Waals surface area contributed by atoms with E-state index in [4.69, 9.17) is 5.73 Å². The van der Waals surface area contributed by atoms with E-state index in [1.165, 1.54) is 24.4 Å². The van der Waals surface area contributed by atoms with Gasteiger partial charge in [-0.05, 0) is 22.4 Å². The molecule has 150 valence electrons. The van der Waals surface area contributed by atoms with Crippen molar-refractivity contribution in [2.24, 2.45) is 5.10 Å². The van der Waals surface area contributed by atoms with Gasteiger partial charge in [0, 0.05) is 17.7 Å². The Morgan fingerprint density at radius 2 is 2.10 bits per heavy atom. The zero-order valence-electron chi connectivity index (χ0n) is 15.3. The largest absolute Gasteiger partial charge is 0.379 e. The van der Waals surface area contributed by atoms with Crippen LogP contribution in [0.15, 0.2) is 58.3 Å². The maximum Gasteiger partial charge on any atom is 0.270 e. The van der Waals surface area contributed by atoms with Gasteiger partial charge in [-0.3, -0.25) is 14.9 Å². The molecule has 0 saturated heterocycles. The first-order valence-corrected chi connectivity index (χ1v) is 8.63. The van der Waals surface area contributed by atoms with Crippen LogP contribution in [0, 0.1) is 10.1 Å². The van der Waals surface area contributed by atoms with E-state index in [1.54, 1.807) is 22.8 Å². The van der Waals surface area contributed by atoms with Gasteiger partial charge in [-0.25, -0.2) is 15.0 Å². The van der Waals surface area contributed by atoms with Gasteiger partial charge in [0.25, 0.3) is 11.6 Å². The quantitative estimate of drug-likeness (QED) is 0.277. The zero-order valence-corrected chi connectivity index (χ0v) is 15.3. The number of benzene rings is 2. The molecule has 2 aromatic carbocycles. The molecule has 0 aliphatic carbocycles. The number of nitrogens with one attached hydrogen (secondary N) is 1. The molecule has 4 aromatic rings. The number of rotatable bonds is 6. The average Bonchev–Trinajstić information content (AvgIpc) is 3.31. The molecule has 0 aliphatic rings. The first-order chi connectivity index (χ1) is 14.5. The molecular weight excluding hydrogens is 392 g/mol.